The molecule has 0 spiro atoms. The van der Waals surface area contributed by atoms with Gasteiger partial charge in [-0.05, 0) is 25.3 Å². The zero-order chi connectivity index (χ0) is 19.7. The SMILES string of the molecule is COc1ccccc1C1c2c(nc(N3CCCCC3)[nH]c2=O)NC(=O)C1C#N. The van der Waals surface area contributed by atoms with E-state index >= 15 is 0 Å². The Balaban J connectivity index is 1.87. The molecule has 2 atom stereocenters. The first kappa shape index (κ1) is 18.0. The van der Waals surface area contributed by atoms with Crippen LogP contribution >= 0.6 is 0 Å². The van der Waals surface area contributed by atoms with E-state index in [0.717, 1.165) is 32.4 Å². The van der Waals surface area contributed by atoms with Crippen LogP contribution in [-0.2, 0) is 4.79 Å². The van der Waals surface area contributed by atoms with Gasteiger partial charge in [-0.2, -0.15) is 10.2 Å². The quantitative estimate of drug-likeness (QED) is 0.844. The van der Waals surface area contributed by atoms with Crippen molar-refractivity contribution < 1.29 is 9.53 Å². The molecule has 8 nitrogen and oxygen atoms in total. The van der Waals surface area contributed by atoms with Crippen molar-refractivity contribution in [2.45, 2.75) is 25.2 Å². The van der Waals surface area contributed by atoms with E-state index in [1.807, 2.05) is 11.0 Å². The predicted molar refractivity (Wildman–Crippen MR) is 103 cm³/mol. The van der Waals surface area contributed by atoms with Crippen LogP contribution in [0, 0.1) is 17.2 Å². The van der Waals surface area contributed by atoms with Gasteiger partial charge in [0.15, 0.2) is 0 Å². The van der Waals surface area contributed by atoms with E-state index < -0.39 is 17.7 Å². The molecule has 144 valence electrons. The summed E-state index contributed by atoms with van der Waals surface area (Å²) in [4.78, 5) is 35.1. The molecular formula is C20H21N5O3. The number of nitriles is 1. The Labute approximate surface area is 162 Å². The molecule has 2 N–H and O–H groups in total. The lowest BCUT2D eigenvalue weighted by Gasteiger charge is -2.31. The highest BCUT2D eigenvalue weighted by atomic mass is 16.5. The number of carbonyl (C=O) groups is 1. The Morgan fingerprint density at radius 2 is 1.96 bits per heavy atom. The fourth-order valence-electron chi connectivity index (χ4n) is 4.01. The van der Waals surface area contributed by atoms with Crippen LogP contribution in [-0.4, -0.2) is 36.1 Å². The zero-order valence-corrected chi connectivity index (χ0v) is 15.6. The molecule has 2 aliphatic heterocycles. The summed E-state index contributed by atoms with van der Waals surface area (Å²) in [6.07, 6.45) is 3.23. The monoisotopic (exact) mass is 379 g/mol. The van der Waals surface area contributed by atoms with Gasteiger partial charge in [-0.25, -0.2) is 0 Å². The molecule has 2 unspecified atom stereocenters. The minimum absolute atomic E-state index is 0.219. The van der Waals surface area contributed by atoms with Gasteiger partial charge in [-0.15, -0.1) is 0 Å². The summed E-state index contributed by atoms with van der Waals surface area (Å²) in [5.74, 6) is -1.07. The average Bonchev–Trinajstić information content (AvgIpc) is 2.73. The second-order valence-corrected chi connectivity index (χ2v) is 7.02. The van der Waals surface area contributed by atoms with E-state index in [1.54, 1.807) is 24.3 Å². The standard InChI is InChI=1S/C20H21N5O3/c1-28-14-8-4-3-7-12(14)15-13(11-21)18(26)22-17-16(15)19(27)24-20(23-17)25-9-5-2-6-10-25/h3-4,7-8,13,15H,2,5-6,9-10H2,1H3,(H2,22,23,24,26,27). The van der Waals surface area contributed by atoms with Crippen molar-refractivity contribution in [3.05, 3.63) is 45.7 Å². The smallest absolute Gasteiger partial charge is 0.258 e. The number of aromatic nitrogens is 2. The average molecular weight is 379 g/mol. The maximum atomic E-state index is 13.1. The van der Waals surface area contributed by atoms with Crippen LogP contribution in [0.5, 0.6) is 5.75 Å². The van der Waals surface area contributed by atoms with Gasteiger partial charge in [0, 0.05) is 24.6 Å². The molecule has 8 heteroatoms. The lowest BCUT2D eigenvalue weighted by atomic mass is 9.79. The van der Waals surface area contributed by atoms with Crippen molar-refractivity contribution in [2.75, 3.05) is 30.4 Å². The minimum atomic E-state index is -1.05. The van der Waals surface area contributed by atoms with E-state index in [0.29, 0.717) is 17.3 Å². The Morgan fingerprint density at radius 3 is 2.68 bits per heavy atom. The van der Waals surface area contributed by atoms with Crippen LogP contribution in [0.15, 0.2) is 29.1 Å². The first-order valence-electron chi connectivity index (χ1n) is 9.36. The number of carbonyl (C=O) groups excluding carboxylic acids is 1. The van der Waals surface area contributed by atoms with E-state index in [-0.39, 0.29) is 16.9 Å². The number of amides is 1. The molecule has 4 rings (SSSR count). The molecular weight excluding hydrogens is 358 g/mol. The van der Waals surface area contributed by atoms with Crippen LogP contribution in [0.3, 0.4) is 0 Å². The number of hydrogen-bond donors (Lipinski definition) is 2. The van der Waals surface area contributed by atoms with Crippen LogP contribution < -0.4 is 20.5 Å². The summed E-state index contributed by atoms with van der Waals surface area (Å²) in [6.45, 7) is 1.62. The summed E-state index contributed by atoms with van der Waals surface area (Å²) >= 11 is 0. The van der Waals surface area contributed by atoms with Crippen molar-refractivity contribution in [2.24, 2.45) is 5.92 Å². The summed E-state index contributed by atoms with van der Waals surface area (Å²) in [6, 6.07) is 9.16. The maximum absolute atomic E-state index is 13.1. The third-order valence-corrected chi connectivity index (χ3v) is 5.38. The molecule has 0 radical (unpaired) electrons. The van der Waals surface area contributed by atoms with Crippen LogP contribution in [0.2, 0.25) is 0 Å². The molecule has 1 fully saturated rings. The maximum Gasteiger partial charge on any atom is 0.258 e. The first-order valence-corrected chi connectivity index (χ1v) is 9.36. The molecule has 0 bridgehead atoms. The summed E-state index contributed by atoms with van der Waals surface area (Å²) < 4.78 is 5.42. The first-order chi connectivity index (χ1) is 13.6. The molecule has 2 aromatic rings. The number of anilines is 2. The van der Waals surface area contributed by atoms with E-state index in [2.05, 4.69) is 15.3 Å². The number of nitrogens with zero attached hydrogens (tertiary/aromatic N) is 3. The number of para-hydroxylation sites is 1. The van der Waals surface area contributed by atoms with Gasteiger partial charge in [-0.3, -0.25) is 14.6 Å². The molecule has 3 heterocycles. The third kappa shape index (κ3) is 2.99. The highest BCUT2D eigenvalue weighted by molar-refractivity contribution is 5.98. The fraction of sp³-hybridized carbons (Fsp3) is 0.400. The van der Waals surface area contributed by atoms with Gasteiger partial charge < -0.3 is 15.0 Å². The minimum Gasteiger partial charge on any atom is -0.496 e. The van der Waals surface area contributed by atoms with Gasteiger partial charge in [0.25, 0.3) is 5.56 Å². The second-order valence-electron chi connectivity index (χ2n) is 7.02. The summed E-state index contributed by atoms with van der Waals surface area (Å²) in [7, 11) is 1.52. The van der Waals surface area contributed by atoms with Crippen LogP contribution in [0.4, 0.5) is 11.8 Å². The number of rotatable bonds is 3. The summed E-state index contributed by atoms with van der Waals surface area (Å²) in [5.41, 5.74) is 0.559. The molecule has 1 aromatic heterocycles. The van der Waals surface area contributed by atoms with Crippen molar-refractivity contribution in [1.82, 2.24) is 9.97 Å². The molecule has 1 aromatic carbocycles. The Morgan fingerprint density at radius 1 is 1.21 bits per heavy atom. The van der Waals surface area contributed by atoms with Crippen molar-refractivity contribution in [3.8, 4) is 11.8 Å². The topological polar surface area (TPSA) is 111 Å². The van der Waals surface area contributed by atoms with Crippen molar-refractivity contribution in [1.29, 1.82) is 5.26 Å². The molecule has 2 aliphatic rings. The predicted octanol–water partition coefficient (Wildman–Crippen LogP) is 1.99. The Hall–Kier alpha value is -3.34. The number of piperidine rings is 1. The number of aromatic amines is 1. The van der Waals surface area contributed by atoms with Gasteiger partial charge in [0.05, 0.1) is 18.7 Å². The van der Waals surface area contributed by atoms with Gasteiger partial charge in [0.1, 0.15) is 17.5 Å². The highest BCUT2D eigenvalue weighted by Crippen LogP contribution is 2.41. The highest BCUT2D eigenvalue weighted by Gasteiger charge is 2.41. The lowest BCUT2D eigenvalue weighted by molar-refractivity contribution is -0.119. The van der Waals surface area contributed by atoms with Gasteiger partial charge in [-0.1, -0.05) is 18.2 Å². The van der Waals surface area contributed by atoms with E-state index in [9.17, 15) is 14.9 Å². The molecule has 0 saturated carbocycles. The van der Waals surface area contributed by atoms with Gasteiger partial charge in [0.2, 0.25) is 11.9 Å². The number of benzene rings is 1. The van der Waals surface area contributed by atoms with E-state index in [1.165, 1.54) is 7.11 Å². The Bertz CT molecular complexity index is 1000. The van der Waals surface area contributed by atoms with Crippen molar-refractivity contribution in [3.63, 3.8) is 0 Å². The number of hydrogen-bond acceptors (Lipinski definition) is 6. The largest absolute Gasteiger partial charge is 0.496 e. The lowest BCUT2D eigenvalue weighted by Crippen LogP contribution is -2.40. The normalized spacial score (nSPS) is 21.4. The number of H-pyrrole nitrogens is 1. The van der Waals surface area contributed by atoms with Crippen LogP contribution in [0.1, 0.15) is 36.3 Å². The zero-order valence-electron chi connectivity index (χ0n) is 15.6. The summed E-state index contributed by atoms with van der Waals surface area (Å²) in [5, 5.41) is 12.3. The van der Waals surface area contributed by atoms with E-state index in [4.69, 9.17) is 4.74 Å². The molecule has 28 heavy (non-hydrogen) atoms. The Kier molecular flexibility index (Phi) is 4.74. The third-order valence-electron chi connectivity index (χ3n) is 5.38. The number of methoxy groups -OCH3 is 1. The number of fused-ring (bicyclic) bond motifs is 1. The van der Waals surface area contributed by atoms with Crippen LogP contribution in [0.25, 0.3) is 0 Å². The number of ether oxygens (including phenoxy) is 1. The molecule has 1 amide bonds. The number of nitrogens with one attached hydrogen (secondary N) is 2. The van der Waals surface area contributed by atoms with Gasteiger partial charge >= 0.3 is 0 Å². The van der Waals surface area contributed by atoms with Crippen molar-refractivity contribution >= 4 is 17.7 Å². The second kappa shape index (κ2) is 7.35. The molecule has 1 saturated heterocycles. The fourth-order valence-corrected chi connectivity index (χ4v) is 4.01. The molecule has 0 aliphatic carbocycles.